The first-order valence-electron chi connectivity index (χ1n) is 9.34. The molecular formula is C23H25ClN2O. The van der Waals surface area contributed by atoms with E-state index in [1.807, 2.05) is 6.07 Å². The van der Waals surface area contributed by atoms with Crippen molar-refractivity contribution in [2.45, 2.75) is 19.3 Å². The summed E-state index contributed by atoms with van der Waals surface area (Å²) in [5, 5.41) is 2.93. The highest BCUT2D eigenvalue weighted by atomic mass is 35.5. The third-order valence-electron chi connectivity index (χ3n) is 5.14. The molecule has 2 aliphatic heterocycles. The molecule has 0 spiro atoms. The highest BCUT2D eigenvalue weighted by molar-refractivity contribution is 5.94. The number of halogens is 1. The summed E-state index contributed by atoms with van der Waals surface area (Å²) in [6.07, 6.45) is 9.31. The van der Waals surface area contributed by atoms with Gasteiger partial charge in [0.25, 0.3) is 0 Å². The molecule has 140 valence electrons. The Balaban J connectivity index is 0.00000210. The van der Waals surface area contributed by atoms with Gasteiger partial charge in [0.15, 0.2) is 0 Å². The molecule has 0 bridgehead atoms. The van der Waals surface area contributed by atoms with Crippen molar-refractivity contribution < 1.29 is 4.79 Å². The standard InChI is InChI=1S/C23H24N2O.ClH/c26-23-11-9-21-17-18(8-10-22(21)24-23)5-4-14-25-15-12-20(13-16-25)19-6-2-1-3-7-19;/h1-8,10,12,17H,9,11,13-16H2,(H,24,26);1H. The van der Waals surface area contributed by atoms with Crippen LogP contribution in [0.2, 0.25) is 0 Å². The first-order valence-corrected chi connectivity index (χ1v) is 9.34. The van der Waals surface area contributed by atoms with Crippen molar-refractivity contribution in [2.24, 2.45) is 0 Å². The molecule has 0 saturated heterocycles. The average Bonchev–Trinajstić information content (AvgIpc) is 2.69. The van der Waals surface area contributed by atoms with Gasteiger partial charge in [-0.2, -0.15) is 0 Å². The average molecular weight is 381 g/mol. The Kier molecular flexibility index (Phi) is 6.49. The van der Waals surface area contributed by atoms with E-state index >= 15 is 0 Å². The number of fused-ring (bicyclic) bond motifs is 1. The van der Waals surface area contributed by atoms with Crippen molar-refractivity contribution in [3.8, 4) is 0 Å². The van der Waals surface area contributed by atoms with Crippen LogP contribution in [0.1, 0.15) is 29.5 Å². The van der Waals surface area contributed by atoms with Crippen molar-refractivity contribution >= 4 is 35.7 Å². The Morgan fingerprint density at radius 2 is 1.89 bits per heavy atom. The third-order valence-corrected chi connectivity index (χ3v) is 5.14. The lowest BCUT2D eigenvalue weighted by Crippen LogP contribution is -2.28. The highest BCUT2D eigenvalue weighted by Gasteiger charge is 2.14. The van der Waals surface area contributed by atoms with Gasteiger partial charge in [-0.05, 0) is 47.2 Å². The molecule has 1 amide bonds. The van der Waals surface area contributed by atoms with Crippen LogP contribution in [0.5, 0.6) is 0 Å². The lowest BCUT2D eigenvalue weighted by atomic mass is 9.99. The van der Waals surface area contributed by atoms with E-state index in [9.17, 15) is 4.79 Å². The van der Waals surface area contributed by atoms with Crippen molar-refractivity contribution in [1.82, 2.24) is 4.90 Å². The third kappa shape index (κ3) is 4.88. The van der Waals surface area contributed by atoms with Crippen LogP contribution >= 0.6 is 12.4 Å². The van der Waals surface area contributed by atoms with E-state index in [0.29, 0.717) is 6.42 Å². The SMILES string of the molecule is Cl.O=C1CCc2cc(C=CCN3CC=C(c4ccccc4)CC3)ccc2N1. The van der Waals surface area contributed by atoms with Crippen LogP contribution in [0.4, 0.5) is 5.69 Å². The fraction of sp³-hybridized carbons (Fsp3) is 0.261. The molecule has 0 atom stereocenters. The fourth-order valence-corrected chi connectivity index (χ4v) is 3.64. The normalized spacial score (nSPS) is 17.0. The summed E-state index contributed by atoms with van der Waals surface area (Å²) >= 11 is 0. The number of benzene rings is 2. The van der Waals surface area contributed by atoms with Crippen LogP contribution in [-0.4, -0.2) is 30.4 Å². The predicted octanol–water partition coefficient (Wildman–Crippen LogP) is 4.80. The van der Waals surface area contributed by atoms with Gasteiger partial charge < -0.3 is 5.32 Å². The van der Waals surface area contributed by atoms with E-state index in [0.717, 1.165) is 38.2 Å². The Morgan fingerprint density at radius 1 is 1.04 bits per heavy atom. The van der Waals surface area contributed by atoms with E-state index in [1.165, 1.54) is 22.3 Å². The van der Waals surface area contributed by atoms with Gasteiger partial charge in [-0.15, -0.1) is 12.4 Å². The van der Waals surface area contributed by atoms with E-state index in [-0.39, 0.29) is 18.3 Å². The molecule has 0 aliphatic carbocycles. The van der Waals surface area contributed by atoms with E-state index in [4.69, 9.17) is 0 Å². The maximum Gasteiger partial charge on any atom is 0.224 e. The first kappa shape index (κ1) is 19.4. The second kappa shape index (κ2) is 9.03. The zero-order valence-electron chi connectivity index (χ0n) is 15.4. The van der Waals surface area contributed by atoms with E-state index in [1.54, 1.807) is 0 Å². The van der Waals surface area contributed by atoms with Crippen LogP contribution in [-0.2, 0) is 11.2 Å². The minimum Gasteiger partial charge on any atom is -0.326 e. The molecule has 0 saturated carbocycles. The van der Waals surface area contributed by atoms with Gasteiger partial charge in [-0.25, -0.2) is 0 Å². The van der Waals surface area contributed by atoms with Crippen molar-refractivity contribution in [1.29, 1.82) is 0 Å². The van der Waals surface area contributed by atoms with Crippen LogP contribution in [0, 0.1) is 0 Å². The van der Waals surface area contributed by atoms with Crippen molar-refractivity contribution in [3.05, 3.63) is 77.4 Å². The number of hydrogen-bond acceptors (Lipinski definition) is 2. The number of carbonyl (C=O) groups excluding carboxylic acids is 1. The largest absolute Gasteiger partial charge is 0.326 e. The molecule has 2 heterocycles. The van der Waals surface area contributed by atoms with Gasteiger partial charge in [-0.1, -0.05) is 54.6 Å². The van der Waals surface area contributed by atoms with Crippen LogP contribution in [0.25, 0.3) is 11.6 Å². The summed E-state index contributed by atoms with van der Waals surface area (Å²) < 4.78 is 0. The van der Waals surface area contributed by atoms with Crippen molar-refractivity contribution in [2.75, 3.05) is 25.0 Å². The number of rotatable bonds is 4. The second-order valence-electron chi connectivity index (χ2n) is 6.97. The van der Waals surface area contributed by atoms with Crippen molar-refractivity contribution in [3.63, 3.8) is 0 Å². The number of aryl methyl sites for hydroxylation is 1. The Hall–Kier alpha value is -2.36. The molecule has 2 aromatic rings. The van der Waals surface area contributed by atoms with Gasteiger partial charge in [0.05, 0.1) is 0 Å². The molecule has 0 aromatic heterocycles. The molecule has 2 aliphatic rings. The Bertz CT molecular complexity index is 858. The van der Waals surface area contributed by atoms with E-state index in [2.05, 4.69) is 70.9 Å². The number of nitrogens with one attached hydrogen (secondary N) is 1. The maximum atomic E-state index is 11.4. The minimum atomic E-state index is 0. The van der Waals surface area contributed by atoms with Gasteiger partial charge in [0.2, 0.25) is 5.91 Å². The molecule has 4 heteroatoms. The number of anilines is 1. The van der Waals surface area contributed by atoms with Gasteiger partial charge in [-0.3, -0.25) is 9.69 Å². The minimum absolute atomic E-state index is 0. The predicted molar refractivity (Wildman–Crippen MR) is 115 cm³/mol. The lowest BCUT2D eigenvalue weighted by Gasteiger charge is -2.25. The van der Waals surface area contributed by atoms with Gasteiger partial charge in [0, 0.05) is 31.7 Å². The Labute approximate surface area is 167 Å². The summed E-state index contributed by atoms with van der Waals surface area (Å²) in [6, 6.07) is 16.9. The zero-order chi connectivity index (χ0) is 17.8. The summed E-state index contributed by atoms with van der Waals surface area (Å²) in [5.41, 5.74) is 6.22. The maximum absolute atomic E-state index is 11.4. The molecule has 1 N–H and O–H groups in total. The molecule has 4 rings (SSSR count). The molecule has 2 aromatic carbocycles. The summed E-state index contributed by atoms with van der Waals surface area (Å²) in [7, 11) is 0. The monoisotopic (exact) mass is 380 g/mol. The smallest absolute Gasteiger partial charge is 0.224 e. The summed E-state index contributed by atoms with van der Waals surface area (Å²) in [4.78, 5) is 13.9. The van der Waals surface area contributed by atoms with Crippen LogP contribution in [0.15, 0.2) is 60.7 Å². The molecule has 3 nitrogen and oxygen atoms in total. The molecule has 27 heavy (non-hydrogen) atoms. The Morgan fingerprint density at radius 3 is 2.67 bits per heavy atom. The van der Waals surface area contributed by atoms with Crippen LogP contribution in [0.3, 0.4) is 0 Å². The molecule has 0 unspecified atom stereocenters. The quantitative estimate of drug-likeness (QED) is 0.826. The zero-order valence-corrected chi connectivity index (χ0v) is 16.2. The van der Waals surface area contributed by atoms with E-state index < -0.39 is 0 Å². The summed E-state index contributed by atoms with van der Waals surface area (Å²) in [6.45, 7) is 3.07. The topological polar surface area (TPSA) is 32.3 Å². The number of hydrogen-bond donors (Lipinski definition) is 1. The highest BCUT2D eigenvalue weighted by Crippen LogP contribution is 2.24. The first-order chi connectivity index (χ1) is 12.8. The molecule has 0 fully saturated rings. The van der Waals surface area contributed by atoms with Gasteiger partial charge in [0.1, 0.15) is 0 Å². The summed E-state index contributed by atoms with van der Waals surface area (Å²) in [5.74, 6) is 0.119. The van der Waals surface area contributed by atoms with Crippen LogP contribution < -0.4 is 5.32 Å². The lowest BCUT2D eigenvalue weighted by molar-refractivity contribution is -0.116. The number of amides is 1. The molecule has 0 radical (unpaired) electrons. The fourth-order valence-electron chi connectivity index (χ4n) is 3.64. The second-order valence-corrected chi connectivity index (χ2v) is 6.97. The van der Waals surface area contributed by atoms with Gasteiger partial charge >= 0.3 is 0 Å². The number of nitrogens with zero attached hydrogens (tertiary/aromatic N) is 1. The molecular weight excluding hydrogens is 356 g/mol. The number of carbonyl (C=O) groups is 1.